The Morgan fingerprint density at radius 1 is 1.50 bits per heavy atom. The minimum absolute atomic E-state index is 0.0197. The van der Waals surface area contributed by atoms with Crippen molar-refractivity contribution in [1.82, 2.24) is 10.3 Å². The molecule has 0 aliphatic heterocycles. The lowest BCUT2D eigenvalue weighted by Gasteiger charge is -2.04. The van der Waals surface area contributed by atoms with Crippen molar-refractivity contribution < 1.29 is 18.6 Å². The molecule has 1 N–H and O–H groups in total. The zero-order chi connectivity index (χ0) is 13.1. The fraction of sp³-hybridized carbons (Fsp3) is 0.100. The summed E-state index contributed by atoms with van der Waals surface area (Å²) in [4.78, 5) is 11.8. The fourth-order valence-corrected chi connectivity index (χ4v) is 1.60. The number of benzene rings is 1. The molecular weight excluding hydrogens is 309 g/mol. The van der Waals surface area contributed by atoms with Gasteiger partial charge in [-0.15, -0.1) is 0 Å². The molecule has 2 aromatic rings. The van der Waals surface area contributed by atoms with Gasteiger partial charge in [0, 0.05) is 5.69 Å². The minimum Gasteiger partial charge on any atom is -0.477 e. The van der Waals surface area contributed by atoms with E-state index in [0.29, 0.717) is 5.69 Å². The third-order valence-electron chi connectivity index (χ3n) is 2.04. The Hall–Kier alpha value is -1.96. The van der Waals surface area contributed by atoms with Gasteiger partial charge in [0.15, 0.2) is 0 Å². The lowest BCUT2D eigenvalue weighted by molar-refractivity contribution is 0.101. The molecule has 0 aliphatic carbocycles. The summed E-state index contributed by atoms with van der Waals surface area (Å²) < 4.78 is 22.4. The highest BCUT2D eigenvalue weighted by Crippen LogP contribution is 2.21. The highest BCUT2D eigenvalue weighted by atomic mass is 79.9. The number of rotatable bonds is 3. The number of nitrogens with one attached hydrogen (secondary N) is 1. The number of anilines is 1. The molecule has 0 spiro atoms. The van der Waals surface area contributed by atoms with Gasteiger partial charge >= 0.3 is 0 Å². The van der Waals surface area contributed by atoms with E-state index in [4.69, 9.17) is 4.74 Å². The molecule has 18 heavy (non-hydrogen) atoms. The van der Waals surface area contributed by atoms with Crippen molar-refractivity contribution in [2.45, 2.75) is 0 Å². The maximum absolute atomic E-state index is 13.0. The normalized spacial score (nSPS) is 10.2. The van der Waals surface area contributed by atoms with Gasteiger partial charge in [-0.1, -0.05) is 0 Å². The Kier molecular flexibility index (Phi) is 3.56. The van der Waals surface area contributed by atoms with Crippen LogP contribution >= 0.6 is 15.9 Å². The summed E-state index contributed by atoms with van der Waals surface area (Å²) in [5, 5.41) is 9.31. The van der Waals surface area contributed by atoms with E-state index in [2.05, 4.69) is 36.2 Å². The lowest BCUT2D eigenvalue weighted by atomic mass is 10.3. The minimum atomic E-state index is -0.563. The molecule has 0 unspecified atom stereocenters. The molecule has 0 bridgehead atoms. The van der Waals surface area contributed by atoms with Crippen LogP contribution in [-0.2, 0) is 0 Å². The largest absolute Gasteiger partial charge is 0.477 e. The van der Waals surface area contributed by atoms with Gasteiger partial charge in [0.05, 0.1) is 11.6 Å². The zero-order valence-electron chi connectivity index (χ0n) is 9.11. The predicted octanol–water partition coefficient (Wildman–Crippen LogP) is 2.23. The van der Waals surface area contributed by atoms with Gasteiger partial charge in [-0.2, -0.15) is 0 Å². The van der Waals surface area contributed by atoms with Crippen LogP contribution in [-0.4, -0.2) is 23.3 Å². The van der Waals surface area contributed by atoms with Crippen LogP contribution in [0.4, 0.5) is 10.1 Å². The summed E-state index contributed by atoms with van der Waals surface area (Å²) in [7, 11) is 1.34. The van der Waals surface area contributed by atoms with Gasteiger partial charge in [0.1, 0.15) is 5.82 Å². The second-order valence-electron chi connectivity index (χ2n) is 3.21. The van der Waals surface area contributed by atoms with Crippen LogP contribution in [0.5, 0.6) is 5.88 Å². The molecule has 0 atom stereocenters. The van der Waals surface area contributed by atoms with Gasteiger partial charge in [-0.05, 0) is 44.4 Å². The maximum atomic E-state index is 13.0. The van der Waals surface area contributed by atoms with E-state index >= 15 is 0 Å². The van der Waals surface area contributed by atoms with Crippen molar-refractivity contribution in [3.05, 3.63) is 34.2 Å². The first-order valence-electron chi connectivity index (χ1n) is 4.74. The van der Waals surface area contributed by atoms with Gasteiger partial charge in [0.2, 0.25) is 5.69 Å². The predicted molar refractivity (Wildman–Crippen MR) is 62.9 cm³/mol. The number of hydrogen-bond donors (Lipinski definition) is 1. The van der Waals surface area contributed by atoms with E-state index in [9.17, 15) is 9.18 Å². The van der Waals surface area contributed by atoms with E-state index in [1.807, 2.05) is 0 Å². The molecule has 8 heteroatoms. The zero-order valence-corrected chi connectivity index (χ0v) is 10.7. The van der Waals surface area contributed by atoms with Gasteiger partial charge in [-0.3, -0.25) is 4.79 Å². The average Bonchev–Trinajstić information content (AvgIpc) is 2.82. The highest BCUT2D eigenvalue weighted by Gasteiger charge is 2.19. The number of aromatic nitrogens is 2. The first-order chi connectivity index (χ1) is 8.61. The number of halogens is 2. The van der Waals surface area contributed by atoms with E-state index in [0.717, 1.165) is 0 Å². The summed E-state index contributed by atoms with van der Waals surface area (Å²) >= 11 is 3.02. The summed E-state index contributed by atoms with van der Waals surface area (Å²) in [6, 6.07) is 4.06. The topological polar surface area (TPSA) is 77.2 Å². The molecular formula is C10H7BrFN3O3. The first-order valence-corrected chi connectivity index (χ1v) is 5.54. The lowest BCUT2D eigenvalue weighted by Crippen LogP contribution is -2.13. The fourth-order valence-electron chi connectivity index (χ4n) is 1.22. The smallest absolute Gasteiger partial charge is 0.288 e. The van der Waals surface area contributed by atoms with Crippen molar-refractivity contribution in [2.75, 3.05) is 12.4 Å². The molecule has 0 radical (unpaired) electrons. The summed E-state index contributed by atoms with van der Waals surface area (Å²) in [6.45, 7) is 0. The Labute approximate surface area is 109 Å². The molecule has 0 saturated heterocycles. The monoisotopic (exact) mass is 315 g/mol. The maximum Gasteiger partial charge on any atom is 0.288 e. The number of carbonyl (C=O) groups is 1. The molecule has 0 fully saturated rings. The number of ether oxygens (including phenoxy) is 1. The average molecular weight is 316 g/mol. The van der Waals surface area contributed by atoms with E-state index < -0.39 is 11.7 Å². The summed E-state index contributed by atoms with van der Waals surface area (Å²) in [5.41, 5.74) is 0.316. The molecule has 94 valence electrons. The van der Waals surface area contributed by atoms with Gasteiger partial charge in [-0.25, -0.2) is 9.02 Å². The van der Waals surface area contributed by atoms with Crippen LogP contribution in [0, 0.1) is 5.82 Å². The SMILES string of the molecule is COc1nonc1C(=O)Nc1ccc(F)c(Br)c1. The van der Waals surface area contributed by atoms with E-state index in [1.165, 1.54) is 25.3 Å². The van der Waals surface area contributed by atoms with Crippen LogP contribution < -0.4 is 10.1 Å². The summed E-state index contributed by atoms with van der Waals surface area (Å²) in [5.74, 6) is -1.01. The molecule has 1 aromatic heterocycles. The van der Waals surface area contributed by atoms with Crippen molar-refractivity contribution in [3.63, 3.8) is 0 Å². The molecule has 2 rings (SSSR count). The van der Waals surface area contributed by atoms with Crippen LogP contribution in [0.2, 0.25) is 0 Å². The molecule has 1 amide bonds. The third-order valence-corrected chi connectivity index (χ3v) is 2.65. The second kappa shape index (κ2) is 5.13. The van der Waals surface area contributed by atoms with Gasteiger partial charge in [0.25, 0.3) is 11.8 Å². The van der Waals surface area contributed by atoms with Crippen LogP contribution in [0.3, 0.4) is 0 Å². The Balaban J connectivity index is 2.19. The molecule has 0 saturated carbocycles. The quantitative estimate of drug-likeness (QED) is 0.939. The van der Waals surface area contributed by atoms with E-state index in [-0.39, 0.29) is 16.0 Å². The third kappa shape index (κ3) is 2.48. The number of hydrogen-bond acceptors (Lipinski definition) is 5. The number of nitrogens with zero attached hydrogens (tertiary/aromatic N) is 2. The molecule has 1 heterocycles. The molecule has 1 aromatic carbocycles. The van der Waals surface area contributed by atoms with Crippen molar-refractivity contribution in [2.24, 2.45) is 0 Å². The Morgan fingerprint density at radius 3 is 2.94 bits per heavy atom. The van der Waals surface area contributed by atoms with E-state index in [1.54, 1.807) is 0 Å². The second-order valence-corrected chi connectivity index (χ2v) is 4.06. The van der Waals surface area contributed by atoms with Crippen LogP contribution in [0.25, 0.3) is 0 Å². The molecule has 6 nitrogen and oxygen atoms in total. The Morgan fingerprint density at radius 2 is 2.28 bits per heavy atom. The van der Waals surface area contributed by atoms with Gasteiger partial charge < -0.3 is 10.1 Å². The summed E-state index contributed by atoms with van der Waals surface area (Å²) in [6.07, 6.45) is 0. The van der Waals surface area contributed by atoms with Crippen molar-refractivity contribution in [3.8, 4) is 5.88 Å². The Bertz CT molecular complexity index is 587. The van der Waals surface area contributed by atoms with Crippen LogP contribution in [0.15, 0.2) is 27.3 Å². The number of amides is 1. The highest BCUT2D eigenvalue weighted by molar-refractivity contribution is 9.10. The first kappa shape index (κ1) is 12.5. The number of methoxy groups -OCH3 is 1. The van der Waals surface area contributed by atoms with Crippen LogP contribution in [0.1, 0.15) is 10.5 Å². The standard InChI is InChI=1S/C10H7BrFN3O3/c1-17-10-8(14-18-15-10)9(16)13-5-2-3-7(12)6(11)4-5/h2-4H,1H3,(H,13,16). The van der Waals surface area contributed by atoms with Crippen molar-refractivity contribution in [1.29, 1.82) is 0 Å². The number of carbonyl (C=O) groups excluding carboxylic acids is 1. The molecule has 0 aliphatic rings. The van der Waals surface area contributed by atoms with Crippen molar-refractivity contribution >= 4 is 27.5 Å².